The molecule has 1 saturated heterocycles. The molecule has 0 N–H and O–H groups in total. The first-order valence-electron chi connectivity index (χ1n) is 8.03. The summed E-state index contributed by atoms with van der Waals surface area (Å²) in [7, 11) is 0. The predicted molar refractivity (Wildman–Crippen MR) is 113 cm³/mol. The summed E-state index contributed by atoms with van der Waals surface area (Å²) >= 11 is 18.4. The van der Waals surface area contributed by atoms with Crippen LogP contribution in [0.1, 0.15) is 5.56 Å². The SMILES string of the molecule is O=C1S/C(=C\c2cc([N+](=O)[O-])c(Cl)cc2Cl)C(=O)N1CCOc1ccc(Cl)cc1. The zero-order valence-electron chi connectivity index (χ0n) is 14.4. The number of imide groups is 1. The Morgan fingerprint density at radius 2 is 1.79 bits per heavy atom. The molecule has 7 nitrogen and oxygen atoms in total. The van der Waals surface area contributed by atoms with E-state index in [0.717, 1.165) is 11.0 Å². The Bertz CT molecular complexity index is 1030. The van der Waals surface area contributed by atoms with Gasteiger partial charge in [-0.15, -0.1) is 0 Å². The largest absolute Gasteiger partial charge is 0.492 e. The average molecular weight is 474 g/mol. The highest BCUT2D eigenvalue weighted by Gasteiger charge is 2.35. The maximum Gasteiger partial charge on any atom is 0.293 e. The summed E-state index contributed by atoms with van der Waals surface area (Å²) in [6.07, 6.45) is 1.33. The molecular weight excluding hydrogens is 463 g/mol. The van der Waals surface area contributed by atoms with E-state index in [9.17, 15) is 19.7 Å². The molecule has 29 heavy (non-hydrogen) atoms. The van der Waals surface area contributed by atoms with E-state index in [0.29, 0.717) is 22.5 Å². The maximum atomic E-state index is 12.5. The fourth-order valence-corrected chi connectivity index (χ4v) is 3.91. The normalized spacial score (nSPS) is 15.3. The monoisotopic (exact) mass is 472 g/mol. The van der Waals surface area contributed by atoms with Crippen molar-refractivity contribution in [1.82, 2.24) is 4.90 Å². The van der Waals surface area contributed by atoms with Gasteiger partial charge in [-0.2, -0.15) is 0 Å². The molecule has 0 spiro atoms. The lowest BCUT2D eigenvalue weighted by molar-refractivity contribution is -0.384. The zero-order valence-corrected chi connectivity index (χ0v) is 17.5. The fourth-order valence-electron chi connectivity index (χ4n) is 2.42. The van der Waals surface area contributed by atoms with Gasteiger partial charge < -0.3 is 4.74 Å². The quantitative estimate of drug-likeness (QED) is 0.305. The van der Waals surface area contributed by atoms with Gasteiger partial charge in [-0.05, 0) is 48.2 Å². The number of halogens is 3. The highest BCUT2D eigenvalue weighted by molar-refractivity contribution is 8.18. The average Bonchev–Trinajstić information content (AvgIpc) is 2.92. The number of nitrogens with zero attached hydrogens (tertiary/aromatic N) is 2. The Morgan fingerprint density at radius 3 is 2.45 bits per heavy atom. The Labute approximate surface area is 184 Å². The van der Waals surface area contributed by atoms with Gasteiger partial charge in [0.15, 0.2) is 0 Å². The third kappa shape index (κ3) is 5.02. The van der Waals surface area contributed by atoms with Gasteiger partial charge in [-0.3, -0.25) is 24.6 Å². The molecule has 3 rings (SSSR count). The van der Waals surface area contributed by atoms with Crippen LogP contribution in [-0.2, 0) is 4.79 Å². The van der Waals surface area contributed by atoms with Crippen molar-refractivity contribution >= 4 is 69.5 Å². The lowest BCUT2D eigenvalue weighted by atomic mass is 10.2. The molecule has 0 aromatic heterocycles. The molecule has 150 valence electrons. The molecule has 0 atom stereocenters. The van der Waals surface area contributed by atoms with Gasteiger partial charge in [0.25, 0.3) is 16.8 Å². The molecule has 2 aromatic carbocycles. The van der Waals surface area contributed by atoms with Crippen LogP contribution in [-0.4, -0.2) is 34.1 Å². The minimum atomic E-state index is -0.657. The van der Waals surface area contributed by atoms with Gasteiger partial charge in [0.1, 0.15) is 17.4 Å². The summed E-state index contributed by atoms with van der Waals surface area (Å²) in [6.45, 7) is 0.138. The Morgan fingerprint density at radius 1 is 1.10 bits per heavy atom. The summed E-state index contributed by atoms with van der Waals surface area (Å²) < 4.78 is 5.50. The van der Waals surface area contributed by atoms with E-state index in [4.69, 9.17) is 39.5 Å². The third-order valence-electron chi connectivity index (χ3n) is 3.82. The van der Waals surface area contributed by atoms with Crippen molar-refractivity contribution in [3.8, 4) is 5.75 Å². The second kappa shape index (κ2) is 9.04. The van der Waals surface area contributed by atoms with Crippen LogP contribution < -0.4 is 4.74 Å². The number of rotatable bonds is 6. The summed E-state index contributed by atoms with van der Waals surface area (Å²) in [6, 6.07) is 9.04. The molecular formula is C18H11Cl3N2O5S. The fraction of sp³-hybridized carbons (Fsp3) is 0.111. The van der Waals surface area contributed by atoms with Crippen LogP contribution in [0.15, 0.2) is 41.3 Å². The number of amides is 2. The molecule has 0 unspecified atom stereocenters. The molecule has 0 bridgehead atoms. The first-order chi connectivity index (χ1) is 13.8. The number of carbonyl (C=O) groups is 2. The molecule has 0 radical (unpaired) electrons. The molecule has 2 aromatic rings. The van der Waals surface area contributed by atoms with E-state index in [1.165, 1.54) is 12.1 Å². The molecule has 1 fully saturated rings. The lowest BCUT2D eigenvalue weighted by Crippen LogP contribution is -2.32. The van der Waals surface area contributed by atoms with Crippen molar-refractivity contribution in [2.24, 2.45) is 0 Å². The van der Waals surface area contributed by atoms with E-state index >= 15 is 0 Å². The number of nitro benzene ring substituents is 1. The van der Waals surface area contributed by atoms with Crippen molar-refractivity contribution in [1.29, 1.82) is 0 Å². The summed E-state index contributed by atoms with van der Waals surface area (Å²) in [5.74, 6) is 0.0190. The summed E-state index contributed by atoms with van der Waals surface area (Å²) in [5, 5.41) is 11.1. The van der Waals surface area contributed by atoms with Gasteiger partial charge in [0.2, 0.25) is 0 Å². The minimum Gasteiger partial charge on any atom is -0.492 e. The smallest absolute Gasteiger partial charge is 0.293 e. The number of ether oxygens (including phenoxy) is 1. The minimum absolute atomic E-state index is 0.0408. The molecule has 2 amide bonds. The van der Waals surface area contributed by atoms with Gasteiger partial charge in [-0.25, -0.2) is 0 Å². The maximum absolute atomic E-state index is 12.5. The standard InChI is InChI=1S/C18H11Cl3N2O5S/c19-11-1-3-12(4-2-11)28-6-5-22-17(24)16(29-18(22)25)8-10-7-15(23(26)27)14(21)9-13(10)20/h1-4,7-9H,5-6H2/b16-8-. The van der Waals surface area contributed by atoms with Crippen LogP contribution in [0.2, 0.25) is 15.1 Å². The number of benzene rings is 2. The Balaban J connectivity index is 1.72. The summed E-state index contributed by atoms with van der Waals surface area (Å²) in [4.78, 5) is 36.2. The molecule has 1 aliphatic rings. The van der Waals surface area contributed by atoms with Gasteiger partial charge in [-0.1, -0.05) is 34.8 Å². The van der Waals surface area contributed by atoms with Crippen molar-refractivity contribution in [2.45, 2.75) is 0 Å². The highest BCUT2D eigenvalue weighted by Crippen LogP contribution is 2.36. The molecule has 11 heteroatoms. The van der Waals surface area contributed by atoms with Crippen LogP contribution in [0.3, 0.4) is 0 Å². The number of hydrogen-bond acceptors (Lipinski definition) is 6. The highest BCUT2D eigenvalue weighted by atomic mass is 35.5. The number of thioether (sulfide) groups is 1. The van der Waals surface area contributed by atoms with Crippen molar-refractivity contribution in [2.75, 3.05) is 13.2 Å². The number of hydrogen-bond donors (Lipinski definition) is 0. The van der Waals surface area contributed by atoms with Crippen molar-refractivity contribution in [3.05, 3.63) is 72.0 Å². The number of nitro groups is 1. The second-order valence-electron chi connectivity index (χ2n) is 5.72. The molecule has 1 aliphatic heterocycles. The topological polar surface area (TPSA) is 89.8 Å². The number of carbonyl (C=O) groups excluding carboxylic acids is 2. The third-order valence-corrected chi connectivity index (χ3v) is 5.61. The lowest BCUT2D eigenvalue weighted by Gasteiger charge is -2.13. The van der Waals surface area contributed by atoms with Gasteiger partial charge >= 0.3 is 0 Å². The Hall–Kier alpha value is -2.26. The van der Waals surface area contributed by atoms with Crippen LogP contribution in [0.25, 0.3) is 6.08 Å². The second-order valence-corrected chi connectivity index (χ2v) is 7.96. The van der Waals surface area contributed by atoms with Crippen LogP contribution >= 0.6 is 46.6 Å². The van der Waals surface area contributed by atoms with Crippen LogP contribution in [0.4, 0.5) is 10.5 Å². The van der Waals surface area contributed by atoms with Crippen LogP contribution in [0, 0.1) is 10.1 Å². The van der Waals surface area contributed by atoms with Gasteiger partial charge in [0, 0.05) is 21.7 Å². The van der Waals surface area contributed by atoms with E-state index in [2.05, 4.69) is 0 Å². The van der Waals surface area contributed by atoms with Gasteiger partial charge in [0.05, 0.1) is 16.4 Å². The van der Waals surface area contributed by atoms with E-state index in [-0.39, 0.29) is 39.4 Å². The molecule has 0 saturated carbocycles. The van der Waals surface area contributed by atoms with E-state index in [1.54, 1.807) is 24.3 Å². The van der Waals surface area contributed by atoms with Crippen molar-refractivity contribution in [3.63, 3.8) is 0 Å². The predicted octanol–water partition coefficient (Wildman–Crippen LogP) is 5.67. The first-order valence-corrected chi connectivity index (χ1v) is 9.98. The van der Waals surface area contributed by atoms with E-state index < -0.39 is 16.1 Å². The first kappa shape index (κ1) is 21.4. The summed E-state index contributed by atoms with van der Waals surface area (Å²) in [5.41, 5.74) is -0.136. The Kier molecular flexibility index (Phi) is 6.69. The van der Waals surface area contributed by atoms with Crippen molar-refractivity contribution < 1.29 is 19.2 Å². The zero-order chi connectivity index (χ0) is 21.1. The molecule has 1 heterocycles. The van der Waals surface area contributed by atoms with E-state index in [1.807, 2.05) is 0 Å². The van der Waals surface area contributed by atoms with Crippen LogP contribution in [0.5, 0.6) is 5.75 Å². The molecule has 0 aliphatic carbocycles.